The van der Waals surface area contributed by atoms with Gasteiger partial charge in [-0.15, -0.1) is 0 Å². The molecule has 0 fully saturated rings. The highest BCUT2D eigenvalue weighted by molar-refractivity contribution is 5.54. The Morgan fingerprint density at radius 1 is 1.33 bits per heavy atom. The molecule has 1 atom stereocenters. The zero-order chi connectivity index (χ0) is 13.1. The number of aliphatic hydroxyl groups is 1. The summed E-state index contributed by atoms with van der Waals surface area (Å²) in [7, 11) is 0. The van der Waals surface area contributed by atoms with E-state index in [1.54, 1.807) is 19.3 Å². The minimum atomic E-state index is -0.548. The first kappa shape index (κ1) is 12.6. The lowest BCUT2D eigenvalue weighted by Crippen LogP contribution is -2.03. The molecule has 18 heavy (non-hydrogen) atoms. The molecule has 0 radical (unpaired) electrons. The van der Waals surface area contributed by atoms with E-state index in [0.29, 0.717) is 5.82 Å². The summed E-state index contributed by atoms with van der Waals surface area (Å²) in [6.45, 7) is 5.67. The Labute approximate surface area is 107 Å². The summed E-state index contributed by atoms with van der Waals surface area (Å²) < 4.78 is 0. The van der Waals surface area contributed by atoms with Gasteiger partial charge in [-0.25, -0.2) is 9.97 Å². The van der Waals surface area contributed by atoms with E-state index in [9.17, 15) is 5.11 Å². The molecule has 0 saturated carbocycles. The van der Waals surface area contributed by atoms with Crippen molar-refractivity contribution in [2.75, 3.05) is 0 Å². The van der Waals surface area contributed by atoms with E-state index in [2.05, 4.69) is 21.9 Å². The molecule has 2 heterocycles. The zero-order valence-corrected chi connectivity index (χ0v) is 10.9. The average molecular weight is 243 g/mol. The Bertz CT molecular complexity index is 552. The van der Waals surface area contributed by atoms with Crippen LogP contribution in [0.2, 0.25) is 0 Å². The van der Waals surface area contributed by atoms with E-state index >= 15 is 0 Å². The summed E-state index contributed by atoms with van der Waals surface area (Å²) in [5, 5.41) is 9.57. The molecular weight excluding hydrogens is 226 g/mol. The van der Waals surface area contributed by atoms with Crippen molar-refractivity contribution < 1.29 is 5.11 Å². The van der Waals surface area contributed by atoms with Crippen LogP contribution in [0.1, 0.15) is 36.8 Å². The Balaban J connectivity index is 2.49. The highest BCUT2D eigenvalue weighted by Gasteiger charge is 2.12. The van der Waals surface area contributed by atoms with E-state index < -0.39 is 6.10 Å². The van der Waals surface area contributed by atoms with Crippen molar-refractivity contribution >= 4 is 0 Å². The lowest BCUT2D eigenvalue weighted by molar-refractivity contribution is 0.197. The van der Waals surface area contributed by atoms with Gasteiger partial charge in [-0.2, -0.15) is 0 Å². The average Bonchev–Trinajstić information content (AvgIpc) is 2.38. The van der Waals surface area contributed by atoms with Crippen molar-refractivity contribution in [2.24, 2.45) is 0 Å². The predicted octanol–water partition coefficient (Wildman–Crippen LogP) is 2.46. The fourth-order valence-corrected chi connectivity index (χ4v) is 1.93. The molecule has 0 amide bonds. The molecule has 2 aromatic rings. The van der Waals surface area contributed by atoms with Crippen molar-refractivity contribution in [2.45, 2.75) is 33.3 Å². The fraction of sp³-hybridized carbons (Fsp3) is 0.357. The van der Waals surface area contributed by atoms with Gasteiger partial charge >= 0.3 is 0 Å². The van der Waals surface area contributed by atoms with Gasteiger partial charge in [0, 0.05) is 23.7 Å². The second-order valence-electron chi connectivity index (χ2n) is 4.28. The molecule has 0 bridgehead atoms. The number of hydrogen-bond acceptors (Lipinski definition) is 4. The number of pyridine rings is 1. The van der Waals surface area contributed by atoms with Crippen LogP contribution in [0.4, 0.5) is 0 Å². The van der Waals surface area contributed by atoms with Gasteiger partial charge in [-0.3, -0.25) is 4.98 Å². The Morgan fingerprint density at radius 2 is 2.11 bits per heavy atom. The van der Waals surface area contributed by atoms with Gasteiger partial charge in [-0.05, 0) is 31.9 Å². The van der Waals surface area contributed by atoms with Crippen LogP contribution in [0.5, 0.6) is 0 Å². The zero-order valence-electron chi connectivity index (χ0n) is 10.9. The largest absolute Gasteiger partial charge is 0.389 e. The first-order valence-corrected chi connectivity index (χ1v) is 6.09. The summed E-state index contributed by atoms with van der Waals surface area (Å²) in [5.74, 6) is 0.620. The molecule has 0 spiro atoms. The number of rotatable bonds is 3. The molecule has 1 unspecified atom stereocenters. The monoisotopic (exact) mass is 243 g/mol. The molecule has 2 rings (SSSR count). The van der Waals surface area contributed by atoms with Crippen LogP contribution < -0.4 is 0 Å². The summed E-state index contributed by atoms with van der Waals surface area (Å²) in [5.41, 5.74) is 3.50. The summed E-state index contributed by atoms with van der Waals surface area (Å²) in [6, 6.07) is 3.95. The summed E-state index contributed by atoms with van der Waals surface area (Å²) in [4.78, 5) is 13.1. The van der Waals surface area contributed by atoms with Crippen molar-refractivity contribution in [3.05, 3.63) is 41.3 Å². The van der Waals surface area contributed by atoms with Crippen LogP contribution in [0.3, 0.4) is 0 Å². The lowest BCUT2D eigenvalue weighted by atomic mass is 10.1. The standard InChI is InChI=1S/C14H17N3O/c1-4-11-6-5-7-15-13(11)14-16-8-12(10(3)18)9(2)17-14/h5-8,10,18H,4H2,1-3H3. The first-order chi connectivity index (χ1) is 8.63. The van der Waals surface area contributed by atoms with Crippen molar-refractivity contribution in [1.29, 1.82) is 0 Å². The molecule has 0 aliphatic heterocycles. The number of aryl methyl sites for hydroxylation is 2. The van der Waals surface area contributed by atoms with Crippen molar-refractivity contribution in [3.63, 3.8) is 0 Å². The van der Waals surface area contributed by atoms with Crippen molar-refractivity contribution in [1.82, 2.24) is 15.0 Å². The van der Waals surface area contributed by atoms with Gasteiger partial charge < -0.3 is 5.11 Å². The highest BCUT2D eigenvalue weighted by atomic mass is 16.3. The number of hydrogen-bond donors (Lipinski definition) is 1. The van der Waals surface area contributed by atoms with E-state index in [0.717, 1.165) is 28.9 Å². The molecule has 2 aromatic heterocycles. The van der Waals surface area contributed by atoms with Gasteiger partial charge in [0.1, 0.15) is 5.69 Å². The number of nitrogens with zero attached hydrogens (tertiary/aromatic N) is 3. The molecule has 4 heteroatoms. The second kappa shape index (κ2) is 5.23. The highest BCUT2D eigenvalue weighted by Crippen LogP contribution is 2.21. The Morgan fingerprint density at radius 3 is 2.72 bits per heavy atom. The third-order valence-electron chi connectivity index (χ3n) is 2.95. The Kier molecular flexibility index (Phi) is 3.67. The minimum Gasteiger partial charge on any atom is -0.389 e. The third kappa shape index (κ3) is 2.38. The molecule has 94 valence electrons. The lowest BCUT2D eigenvalue weighted by Gasteiger charge is -2.10. The number of aromatic nitrogens is 3. The van der Waals surface area contributed by atoms with E-state index in [1.807, 2.05) is 19.1 Å². The maximum Gasteiger partial charge on any atom is 0.178 e. The second-order valence-corrected chi connectivity index (χ2v) is 4.28. The third-order valence-corrected chi connectivity index (χ3v) is 2.95. The quantitative estimate of drug-likeness (QED) is 0.899. The van der Waals surface area contributed by atoms with Crippen molar-refractivity contribution in [3.8, 4) is 11.5 Å². The van der Waals surface area contributed by atoms with E-state index in [4.69, 9.17) is 0 Å². The van der Waals surface area contributed by atoms with Crippen LogP contribution in [0, 0.1) is 6.92 Å². The van der Waals surface area contributed by atoms with Crippen LogP contribution in [0.25, 0.3) is 11.5 Å². The smallest absolute Gasteiger partial charge is 0.178 e. The van der Waals surface area contributed by atoms with Crippen LogP contribution in [-0.2, 0) is 6.42 Å². The molecule has 0 aliphatic carbocycles. The maximum absolute atomic E-state index is 9.57. The van der Waals surface area contributed by atoms with E-state index in [-0.39, 0.29) is 0 Å². The Hall–Kier alpha value is -1.81. The summed E-state index contributed by atoms with van der Waals surface area (Å²) >= 11 is 0. The molecule has 4 nitrogen and oxygen atoms in total. The molecular formula is C14H17N3O. The van der Waals surface area contributed by atoms with Crippen LogP contribution >= 0.6 is 0 Å². The van der Waals surface area contributed by atoms with Gasteiger partial charge in [0.2, 0.25) is 0 Å². The summed E-state index contributed by atoms with van der Waals surface area (Å²) in [6.07, 6.45) is 3.77. The minimum absolute atomic E-state index is 0.548. The predicted molar refractivity (Wildman–Crippen MR) is 70.0 cm³/mol. The molecule has 0 aliphatic rings. The van der Waals surface area contributed by atoms with Crippen LogP contribution in [-0.4, -0.2) is 20.1 Å². The molecule has 1 N–H and O–H groups in total. The number of aliphatic hydroxyl groups excluding tert-OH is 1. The van der Waals surface area contributed by atoms with Crippen LogP contribution in [0.15, 0.2) is 24.5 Å². The van der Waals surface area contributed by atoms with Gasteiger partial charge in [0.15, 0.2) is 5.82 Å². The molecule has 0 aromatic carbocycles. The maximum atomic E-state index is 9.57. The molecule has 0 saturated heterocycles. The van der Waals surface area contributed by atoms with Gasteiger partial charge in [0.05, 0.1) is 6.10 Å². The topological polar surface area (TPSA) is 58.9 Å². The van der Waals surface area contributed by atoms with Gasteiger partial charge in [-0.1, -0.05) is 13.0 Å². The SMILES string of the molecule is CCc1cccnc1-c1ncc(C(C)O)c(C)n1. The first-order valence-electron chi connectivity index (χ1n) is 6.09. The van der Waals surface area contributed by atoms with Gasteiger partial charge in [0.25, 0.3) is 0 Å². The van der Waals surface area contributed by atoms with E-state index in [1.165, 1.54) is 0 Å². The normalized spacial score (nSPS) is 12.4. The fourth-order valence-electron chi connectivity index (χ4n) is 1.93.